The van der Waals surface area contributed by atoms with Crippen molar-refractivity contribution in [3.05, 3.63) is 0 Å². The van der Waals surface area contributed by atoms with E-state index in [1.54, 1.807) is 6.92 Å². The van der Waals surface area contributed by atoms with Crippen LogP contribution in [-0.2, 0) is 20.5 Å². The highest BCUT2D eigenvalue weighted by molar-refractivity contribution is 7.84. The first-order chi connectivity index (χ1) is 5.60. The summed E-state index contributed by atoms with van der Waals surface area (Å²) in [5, 5.41) is 5.24. The fourth-order valence-electron chi connectivity index (χ4n) is 1.06. The Labute approximate surface area is 74.0 Å². The third-order valence-electron chi connectivity index (χ3n) is 2.01. The van der Waals surface area contributed by atoms with Gasteiger partial charge in [0.25, 0.3) is 0 Å². The molecule has 1 unspecified atom stereocenters. The maximum absolute atomic E-state index is 11.0. The highest BCUT2D eigenvalue weighted by atomic mass is 32.2. The van der Waals surface area contributed by atoms with Crippen LogP contribution in [0.25, 0.3) is 0 Å². The van der Waals surface area contributed by atoms with E-state index < -0.39 is 15.7 Å². The summed E-state index contributed by atoms with van der Waals surface area (Å²) >= 11 is 0. The molecule has 0 amide bonds. The molecule has 1 aliphatic rings. The smallest absolute Gasteiger partial charge is 0.307 e. The Morgan fingerprint density at radius 3 is 2.58 bits per heavy atom. The molecule has 1 atom stereocenters. The minimum Gasteiger partial charge on any atom is -0.466 e. The second-order valence-corrected chi connectivity index (χ2v) is 4.42. The van der Waals surface area contributed by atoms with Crippen LogP contribution >= 0.6 is 0 Å². The minimum absolute atomic E-state index is 0.198. The summed E-state index contributed by atoms with van der Waals surface area (Å²) in [6.07, 6.45) is 1.74. The topological polar surface area (TPSA) is 69.4 Å². The third kappa shape index (κ3) is 2.04. The Kier molecular flexibility index (Phi) is 2.85. The van der Waals surface area contributed by atoms with Crippen molar-refractivity contribution in [2.24, 2.45) is 5.14 Å². The Balaban J connectivity index is 2.40. The zero-order chi connectivity index (χ0) is 9.19. The molecule has 0 aromatic carbocycles. The molecule has 0 saturated heterocycles. The van der Waals surface area contributed by atoms with Gasteiger partial charge in [-0.15, -0.1) is 0 Å². The molecule has 0 heterocycles. The molecule has 2 N–H and O–H groups in total. The molecule has 0 aliphatic heterocycles. The molecule has 1 fully saturated rings. The average Bonchev–Trinajstić information content (AvgIpc) is 2.69. The van der Waals surface area contributed by atoms with Gasteiger partial charge in [0.1, 0.15) is 0 Å². The van der Waals surface area contributed by atoms with E-state index >= 15 is 0 Å². The van der Waals surface area contributed by atoms with E-state index in [1.807, 2.05) is 0 Å². The van der Waals surface area contributed by atoms with Crippen molar-refractivity contribution in [3.63, 3.8) is 0 Å². The Hall–Kier alpha value is -0.420. The van der Waals surface area contributed by atoms with Gasteiger partial charge in [0.15, 0.2) is 0 Å². The van der Waals surface area contributed by atoms with Crippen molar-refractivity contribution in [3.8, 4) is 0 Å². The van der Waals surface area contributed by atoms with E-state index in [4.69, 9.17) is 9.88 Å². The number of esters is 1. The Morgan fingerprint density at radius 2 is 2.25 bits per heavy atom. The number of hydrogen-bond acceptors (Lipinski definition) is 3. The molecule has 1 rings (SSSR count). The molecule has 0 bridgehead atoms. The van der Waals surface area contributed by atoms with Crippen molar-refractivity contribution in [1.29, 1.82) is 0 Å². The lowest BCUT2D eigenvalue weighted by Gasteiger charge is -2.09. The monoisotopic (exact) mass is 191 g/mol. The van der Waals surface area contributed by atoms with E-state index in [9.17, 15) is 9.00 Å². The molecule has 0 aromatic heterocycles. The molecule has 0 spiro atoms. The first kappa shape index (κ1) is 9.67. The predicted octanol–water partition coefficient (Wildman–Crippen LogP) is 0.0946. The van der Waals surface area contributed by atoms with Crippen LogP contribution in [0.1, 0.15) is 26.2 Å². The van der Waals surface area contributed by atoms with Crippen molar-refractivity contribution in [2.75, 3.05) is 6.61 Å². The van der Waals surface area contributed by atoms with E-state index in [1.165, 1.54) is 0 Å². The lowest BCUT2D eigenvalue weighted by molar-refractivity contribution is -0.143. The van der Waals surface area contributed by atoms with E-state index in [-0.39, 0.29) is 12.4 Å². The van der Waals surface area contributed by atoms with Crippen LogP contribution in [0.5, 0.6) is 0 Å². The van der Waals surface area contributed by atoms with Crippen LogP contribution < -0.4 is 5.14 Å². The number of carbonyl (C=O) groups is 1. The summed E-state index contributed by atoms with van der Waals surface area (Å²) in [5.41, 5.74) is 0. The summed E-state index contributed by atoms with van der Waals surface area (Å²) < 4.78 is 15.2. The molecular weight excluding hydrogens is 178 g/mol. The quantitative estimate of drug-likeness (QED) is 0.640. The highest BCUT2D eigenvalue weighted by Gasteiger charge is 2.49. The van der Waals surface area contributed by atoms with Gasteiger partial charge in [0.2, 0.25) is 0 Å². The molecule has 5 heteroatoms. The molecular formula is C7H13NO3S. The molecule has 1 saturated carbocycles. The summed E-state index contributed by atoms with van der Waals surface area (Å²) in [5.74, 6) is -0.297. The van der Waals surface area contributed by atoms with Crippen molar-refractivity contribution < 1.29 is 13.7 Å². The van der Waals surface area contributed by atoms with Gasteiger partial charge in [-0.1, -0.05) is 0 Å². The van der Waals surface area contributed by atoms with Crippen molar-refractivity contribution in [1.82, 2.24) is 0 Å². The summed E-state index contributed by atoms with van der Waals surface area (Å²) in [6.45, 7) is 2.11. The number of hydrogen-bond donors (Lipinski definition) is 1. The molecule has 12 heavy (non-hydrogen) atoms. The first-order valence-corrected chi connectivity index (χ1v) is 5.14. The molecule has 0 aromatic rings. The fraction of sp³-hybridized carbons (Fsp3) is 0.857. The number of ether oxygens (including phenoxy) is 1. The Bertz CT molecular complexity index is 213. The van der Waals surface area contributed by atoms with Crippen LogP contribution in [0.4, 0.5) is 0 Å². The zero-order valence-corrected chi connectivity index (χ0v) is 7.86. The standard InChI is InChI=1S/C7H13NO3S/c1-2-11-6(9)5-7(3-4-7)12(8)10/h2-5,8H2,1H3. The van der Waals surface area contributed by atoms with Gasteiger partial charge < -0.3 is 4.74 Å². The van der Waals surface area contributed by atoms with Crippen LogP contribution in [0.15, 0.2) is 0 Å². The maximum Gasteiger partial charge on any atom is 0.307 e. The van der Waals surface area contributed by atoms with Gasteiger partial charge in [-0.25, -0.2) is 4.21 Å². The van der Waals surface area contributed by atoms with Crippen molar-refractivity contribution in [2.45, 2.75) is 30.9 Å². The number of carbonyl (C=O) groups excluding carboxylic acids is 1. The minimum atomic E-state index is -1.39. The second kappa shape index (κ2) is 3.53. The van der Waals surface area contributed by atoms with Gasteiger partial charge >= 0.3 is 5.97 Å². The number of rotatable bonds is 4. The summed E-state index contributed by atoms with van der Waals surface area (Å²) in [7, 11) is -1.39. The van der Waals surface area contributed by atoms with Crippen molar-refractivity contribution >= 4 is 17.0 Å². The zero-order valence-electron chi connectivity index (χ0n) is 7.04. The van der Waals surface area contributed by atoms with Gasteiger partial charge in [0.05, 0.1) is 28.8 Å². The Morgan fingerprint density at radius 1 is 1.67 bits per heavy atom. The lowest BCUT2D eigenvalue weighted by Crippen LogP contribution is -2.27. The first-order valence-electron chi connectivity index (χ1n) is 3.92. The molecule has 1 aliphatic carbocycles. The second-order valence-electron chi connectivity index (χ2n) is 2.96. The average molecular weight is 191 g/mol. The molecule has 0 radical (unpaired) electrons. The van der Waals surface area contributed by atoms with Gasteiger partial charge in [0, 0.05) is 0 Å². The fourth-order valence-corrected chi connectivity index (χ4v) is 1.83. The SMILES string of the molecule is CCOC(=O)CC1(S(N)=O)CC1. The van der Waals surface area contributed by atoms with Gasteiger partial charge in [-0.2, -0.15) is 0 Å². The number of nitrogens with two attached hydrogens (primary N) is 1. The van der Waals surface area contributed by atoms with Gasteiger partial charge in [-0.05, 0) is 19.8 Å². The molecule has 70 valence electrons. The predicted molar refractivity (Wildman–Crippen MR) is 45.5 cm³/mol. The van der Waals surface area contributed by atoms with Crippen LogP contribution in [0, 0.1) is 0 Å². The lowest BCUT2D eigenvalue weighted by atomic mass is 10.3. The van der Waals surface area contributed by atoms with Gasteiger partial charge in [-0.3, -0.25) is 9.93 Å². The molecule has 4 nitrogen and oxygen atoms in total. The highest BCUT2D eigenvalue weighted by Crippen LogP contribution is 2.43. The van der Waals surface area contributed by atoms with Crippen LogP contribution in [0.2, 0.25) is 0 Å². The third-order valence-corrected chi connectivity index (χ3v) is 3.41. The normalized spacial score (nSPS) is 21.5. The van der Waals surface area contributed by atoms with Crippen LogP contribution in [-0.4, -0.2) is 21.5 Å². The van der Waals surface area contributed by atoms with E-state index in [2.05, 4.69) is 0 Å². The summed E-state index contributed by atoms with van der Waals surface area (Å²) in [4.78, 5) is 11.0. The largest absolute Gasteiger partial charge is 0.466 e. The van der Waals surface area contributed by atoms with E-state index in [0.717, 1.165) is 12.8 Å². The van der Waals surface area contributed by atoms with Crippen LogP contribution in [0.3, 0.4) is 0 Å². The maximum atomic E-state index is 11.0. The van der Waals surface area contributed by atoms with E-state index in [0.29, 0.717) is 6.61 Å². The summed E-state index contributed by atoms with van der Waals surface area (Å²) in [6, 6.07) is 0.